The van der Waals surface area contributed by atoms with Crippen molar-refractivity contribution in [1.29, 1.82) is 0 Å². The third-order valence-electron chi connectivity index (χ3n) is 7.52. The maximum Gasteiger partial charge on any atom is 0.410 e. The van der Waals surface area contributed by atoms with Gasteiger partial charge in [0.15, 0.2) is 11.5 Å². The number of anilines is 1. The highest BCUT2D eigenvalue weighted by Gasteiger charge is 2.33. The second kappa shape index (κ2) is 12.7. The van der Waals surface area contributed by atoms with Crippen LogP contribution in [0.4, 0.5) is 15.6 Å². The van der Waals surface area contributed by atoms with Gasteiger partial charge in [-0.3, -0.25) is 14.9 Å². The molecule has 14 nitrogen and oxygen atoms in total. The van der Waals surface area contributed by atoms with E-state index in [0.29, 0.717) is 53.8 Å². The number of ether oxygens (including phenoxy) is 2. The van der Waals surface area contributed by atoms with Crippen LogP contribution in [0.2, 0.25) is 0 Å². The number of hydrogen-bond acceptors (Lipinski definition) is 11. The van der Waals surface area contributed by atoms with Gasteiger partial charge in [-0.1, -0.05) is 44.2 Å². The van der Waals surface area contributed by atoms with Gasteiger partial charge in [0.25, 0.3) is 5.91 Å². The Balaban J connectivity index is 1.61. The molecule has 0 atom stereocenters. The summed E-state index contributed by atoms with van der Waals surface area (Å²) in [5.74, 6) is -0.579. The first-order chi connectivity index (χ1) is 22.1. The lowest BCUT2D eigenvalue weighted by Crippen LogP contribution is -2.42. The number of likely N-dealkylation sites (tertiary alicyclic amines) is 1. The van der Waals surface area contributed by atoms with Crippen molar-refractivity contribution in [3.05, 3.63) is 62.6 Å². The van der Waals surface area contributed by atoms with E-state index in [1.54, 1.807) is 29.2 Å². The molecule has 1 aliphatic rings. The monoisotopic (exact) mass is 663 g/mol. The van der Waals surface area contributed by atoms with Crippen LogP contribution in [0, 0.1) is 10.1 Å². The summed E-state index contributed by atoms with van der Waals surface area (Å²) >= 11 is 0.763. The number of piperidine rings is 1. The molecule has 0 saturated carbocycles. The molecule has 0 radical (unpaired) electrons. The Bertz CT molecular complexity index is 1840. The van der Waals surface area contributed by atoms with Crippen molar-refractivity contribution in [1.82, 2.24) is 24.6 Å². The number of esters is 1. The van der Waals surface area contributed by atoms with Gasteiger partial charge in [-0.2, -0.15) is 5.10 Å². The van der Waals surface area contributed by atoms with Crippen molar-refractivity contribution in [3.63, 3.8) is 0 Å². The summed E-state index contributed by atoms with van der Waals surface area (Å²) in [6.07, 6.45) is 0.816. The second-order valence-electron chi connectivity index (χ2n) is 13.3. The standard InChI is InChI=1S/C32H37N7O7S/c1-31(2,3)24-23-26(35-28(40)21-12-13-22(47-21)39(43)44)33-25(18-8-10-19(11-9-18)29(41)45-7)34-27(23)38(36-24)20-14-16-37(17-15-20)30(42)46-32(4,5)6/h8-13,20H,14-17H2,1-7H3,(H,33,34,35,40). The largest absolute Gasteiger partial charge is 0.465 e. The molecule has 1 fully saturated rings. The molecule has 2 amide bonds. The molecule has 4 heterocycles. The second-order valence-corrected chi connectivity index (χ2v) is 14.3. The van der Waals surface area contributed by atoms with E-state index in [9.17, 15) is 24.5 Å². The molecule has 0 aliphatic carbocycles. The van der Waals surface area contributed by atoms with Crippen molar-refractivity contribution in [2.24, 2.45) is 0 Å². The molecule has 1 aromatic carbocycles. The summed E-state index contributed by atoms with van der Waals surface area (Å²) in [6.45, 7) is 12.4. The Morgan fingerprint density at radius 1 is 1.00 bits per heavy atom. The first-order valence-electron chi connectivity index (χ1n) is 15.1. The van der Waals surface area contributed by atoms with Crippen LogP contribution in [-0.2, 0) is 14.9 Å². The number of hydrogen-bond donors (Lipinski definition) is 1. The Labute approximate surface area is 275 Å². The predicted octanol–water partition coefficient (Wildman–Crippen LogP) is 6.37. The molecule has 1 aliphatic heterocycles. The number of amides is 2. The molecule has 4 aromatic rings. The number of carbonyl (C=O) groups is 3. The number of methoxy groups -OCH3 is 1. The summed E-state index contributed by atoms with van der Waals surface area (Å²) in [5.41, 5.74) is 0.968. The van der Waals surface area contributed by atoms with E-state index in [1.807, 2.05) is 46.2 Å². The zero-order valence-electron chi connectivity index (χ0n) is 27.3. The number of aromatic nitrogens is 4. The number of nitro groups is 1. The molecule has 3 aromatic heterocycles. The van der Waals surface area contributed by atoms with Gasteiger partial charge in [0.05, 0.1) is 39.6 Å². The summed E-state index contributed by atoms with van der Waals surface area (Å²) in [7, 11) is 1.30. The number of thiophene rings is 1. The zero-order valence-corrected chi connectivity index (χ0v) is 28.1. The lowest BCUT2D eigenvalue weighted by molar-refractivity contribution is -0.380. The van der Waals surface area contributed by atoms with E-state index in [1.165, 1.54) is 19.2 Å². The van der Waals surface area contributed by atoms with Crippen LogP contribution in [0.1, 0.15) is 86.1 Å². The van der Waals surface area contributed by atoms with Crippen molar-refractivity contribution in [2.45, 2.75) is 71.4 Å². The molecule has 1 saturated heterocycles. The summed E-state index contributed by atoms with van der Waals surface area (Å²) in [6, 6.07) is 9.13. The SMILES string of the molecule is COC(=O)c1ccc(-c2nc(NC(=O)c3ccc([N+](=O)[O-])s3)c3c(C(C)(C)C)nn(C4CCN(C(=O)OC(C)(C)C)CC4)c3n2)cc1. The minimum Gasteiger partial charge on any atom is -0.465 e. The van der Waals surface area contributed by atoms with E-state index in [4.69, 9.17) is 24.5 Å². The highest BCUT2D eigenvalue weighted by atomic mass is 32.1. The van der Waals surface area contributed by atoms with E-state index < -0.39 is 27.8 Å². The molecule has 0 unspecified atom stereocenters. The quantitative estimate of drug-likeness (QED) is 0.139. The average molecular weight is 664 g/mol. The van der Waals surface area contributed by atoms with Gasteiger partial charge in [0.1, 0.15) is 11.4 Å². The van der Waals surface area contributed by atoms with E-state index in [-0.39, 0.29) is 33.7 Å². The van der Waals surface area contributed by atoms with Gasteiger partial charge < -0.3 is 19.7 Å². The molecule has 0 spiro atoms. The van der Waals surface area contributed by atoms with Crippen LogP contribution in [0.15, 0.2) is 36.4 Å². The fourth-order valence-electron chi connectivity index (χ4n) is 5.25. The Hall–Kier alpha value is -4.92. The maximum absolute atomic E-state index is 13.5. The number of nitrogens with one attached hydrogen (secondary N) is 1. The van der Waals surface area contributed by atoms with Crippen molar-refractivity contribution in [2.75, 3.05) is 25.5 Å². The average Bonchev–Trinajstić information content (AvgIpc) is 3.66. The first-order valence-corrected chi connectivity index (χ1v) is 15.9. The minimum absolute atomic E-state index is 0.125. The fraction of sp³-hybridized carbons (Fsp3) is 0.438. The molecule has 248 valence electrons. The number of nitrogens with zero attached hydrogens (tertiary/aromatic N) is 6. The predicted molar refractivity (Wildman–Crippen MR) is 176 cm³/mol. The van der Waals surface area contributed by atoms with Crippen LogP contribution in [0.25, 0.3) is 22.4 Å². The third kappa shape index (κ3) is 7.24. The highest BCUT2D eigenvalue weighted by Crippen LogP contribution is 2.38. The lowest BCUT2D eigenvalue weighted by Gasteiger charge is -2.33. The van der Waals surface area contributed by atoms with Gasteiger partial charge in [-0.25, -0.2) is 24.2 Å². The Morgan fingerprint density at radius 2 is 1.66 bits per heavy atom. The molecular weight excluding hydrogens is 626 g/mol. The summed E-state index contributed by atoms with van der Waals surface area (Å²) < 4.78 is 12.2. The van der Waals surface area contributed by atoms with Gasteiger partial charge in [0, 0.05) is 30.1 Å². The smallest absolute Gasteiger partial charge is 0.410 e. The summed E-state index contributed by atoms with van der Waals surface area (Å²) in [5, 5.41) is 19.6. The lowest BCUT2D eigenvalue weighted by atomic mass is 9.90. The van der Waals surface area contributed by atoms with Crippen LogP contribution < -0.4 is 5.32 Å². The third-order valence-corrected chi connectivity index (χ3v) is 8.55. The Morgan fingerprint density at radius 3 is 2.21 bits per heavy atom. The van der Waals surface area contributed by atoms with Gasteiger partial charge in [0.2, 0.25) is 0 Å². The van der Waals surface area contributed by atoms with Crippen LogP contribution in [0.3, 0.4) is 0 Å². The number of carbonyl (C=O) groups excluding carboxylic acids is 3. The fourth-order valence-corrected chi connectivity index (χ4v) is 5.96. The topological polar surface area (TPSA) is 172 Å². The normalized spacial score (nSPS) is 14.2. The maximum atomic E-state index is 13.5. The van der Waals surface area contributed by atoms with Crippen molar-refractivity contribution in [3.8, 4) is 11.4 Å². The zero-order chi connectivity index (χ0) is 34.3. The van der Waals surface area contributed by atoms with Gasteiger partial charge in [-0.05, 0) is 51.8 Å². The number of fused-ring (bicyclic) bond motifs is 1. The van der Waals surface area contributed by atoms with Crippen LogP contribution in [0.5, 0.6) is 0 Å². The van der Waals surface area contributed by atoms with E-state index >= 15 is 0 Å². The molecule has 5 rings (SSSR count). The van der Waals surface area contributed by atoms with Crippen molar-refractivity contribution < 1.29 is 28.8 Å². The number of rotatable bonds is 6. The van der Waals surface area contributed by atoms with E-state index in [2.05, 4.69) is 5.32 Å². The summed E-state index contributed by atoms with van der Waals surface area (Å²) in [4.78, 5) is 60.5. The highest BCUT2D eigenvalue weighted by molar-refractivity contribution is 7.17. The van der Waals surface area contributed by atoms with Gasteiger partial charge >= 0.3 is 17.1 Å². The van der Waals surface area contributed by atoms with Gasteiger partial charge in [-0.15, -0.1) is 0 Å². The van der Waals surface area contributed by atoms with Crippen LogP contribution in [-0.4, -0.2) is 73.3 Å². The first kappa shape index (κ1) is 33.4. The minimum atomic E-state index is -0.606. The number of benzene rings is 1. The van der Waals surface area contributed by atoms with E-state index in [0.717, 1.165) is 11.3 Å². The van der Waals surface area contributed by atoms with Crippen LogP contribution >= 0.6 is 11.3 Å². The van der Waals surface area contributed by atoms with Crippen molar-refractivity contribution >= 4 is 51.2 Å². The molecule has 0 bridgehead atoms. The Kier molecular flexibility index (Phi) is 9.04. The molecular formula is C32H37N7O7S. The molecule has 47 heavy (non-hydrogen) atoms. The molecule has 15 heteroatoms. The molecule has 1 N–H and O–H groups in total.